The van der Waals surface area contributed by atoms with E-state index in [-0.39, 0.29) is 0 Å². The topological polar surface area (TPSA) is 58.2 Å². The molecular weight excluding hydrogens is 292 g/mol. The number of halogens is 1. The van der Waals surface area contributed by atoms with Crippen LogP contribution in [0.1, 0.15) is 18.7 Å². The molecule has 0 amide bonds. The SMILES string of the molecule is CCNCC(C)S(=O)(=O)NCCc1ccc(Cl)s1. The van der Waals surface area contributed by atoms with Gasteiger partial charge in [0.25, 0.3) is 0 Å². The lowest BCUT2D eigenvalue weighted by molar-refractivity contribution is 0.560. The molecule has 2 N–H and O–H groups in total. The zero-order chi connectivity index (χ0) is 13.6. The van der Waals surface area contributed by atoms with Gasteiger partial charge in [-0.15, -0.1) is 11.3 Å². The summed E-state index contributed by atoms with van der Waals surface area (Å²) in [6.07, 6.45) is 0.671. The van der Waals surface area contributed by atoms with Gasteiger partial charge in [0.1, 0.15) is 0 Å². The predicted molar refractivity (Wildman–Crippen MR) is 78.0 cm³/mol. The lowest BCUT2D eigenvalue weighted by atomic mass is 10.3. The van der Waals surface area contributed by atoms with Gasteiger partial charge in [-0.2, -0.15) is 0 Å². The smallest absolute Gasteiger partial charge is 0.215 e. The lowest BCUT2D eigenvalue weighted by Gasteiger charge is -2.13. The van der Waals surface area contributed by atoms with Crippen molar-refractivity contribution in [2.75, 3.05) is 19.6 Å². The predicted octanol–water partition coefficient (Wildman–Crippen LogP) is 1.86. The summed E-state index contributed by atoms with van der Waals surface area (Å²) in [6, 6.07) is 3.74. The lowest BCUT2D eigenvalue weighted by Crippen LogP contribution is -2.39. The van der Waals surface area contributed by atoms with Crippen molar-refractivity contribution in [2.45, 2.75) is 25.5 Å². The zero-order valence-electron chi connectivity index (χ0n) is 10.6. The molecule has 0 saturated carbocycles. The normalized spacial score (nSPS) is 13.7. The highest BCUT2D eigenvalue weighted by atomic mass is 35.5. The zero-order valence-corrected chi connectivity index (χ0v) is 13.0. The van der Waals surface area contributed by atoms with E-state index >= 15 is 0 Å². The number of sulfonamides is 1. The molecule has 0 aliphatic rings. The van der Waals surface area contributed by atoms with Gasteiger partial charge in [0.05, 0.1) is 9.59 Å². The Morgan fingerprint density at radius 3 is 2.72 bits per heavy atom. The molecule has 1 heterocycles. The molecule has 0 aliphatic carbocycles. The van der Waals surface area contributed by atoms with E-state index in [1.165, 1.54) is 11.3 Å². The van der Waals surface area contributed by atoms with E-state index in [1.54, 1.807) is 6.92 Å². The third-order valence-corrected chi connectivity index (χ3v) is 5.64. The van der Waals surface area contributed by atoms with Gasteiger partial charge in [-0.3, -0.25) is 0 Å². The fraction of sp³-hybridized carbons (Fsp3) is 0.636. The maximum atomic E-state index is 11.9. The van der Waals surface area contributed by atoms with Crippen LogP contribution in [0.5, 0.6) is 0 Å². The molecule has 0 spiro atoms. The summed E-state index contributed by atoms with van der Waals surface area (Å²) in [5, 5.41) is 2.60. The first kappa shape index (κ1) is 15.9. The quantitative estimate of drug-likeness (QED) is 0.770. The van der Waals surface area contributed by atoms with E-state index < -0.39 is 15.3 Å². The molecular formula is C11H19ClN2O2S2. The molecule has 0 saturated heterocycles. The standard InChI is InChI=1S/C11H19ClN2O2S2/c1-3-13-8-9(2)18(15,16)14-7-6-10-4-5-11(12)17-10/h4-5,9,13-14H,3,6-8H2,1-2H3. The Labute approximate surface area is 118 Å². The van der Waals surface area contributed by atoms with Gasteiger partial charge in [0, 0.05) is 18.0 Å². The average Bonchev–Trinajstić information content (AvgIpc) is 2.71. The molecule has 1 aromatic heterocycles. The summed E-state index contributed by atoms with van der Waals surface area (Å²) in [7, 11) is -3.24. The van der Waals surface area contributed by atoms with Crippen LogP contribution in [-0.4, -0.2) is 33.3 Å². The van der Waals surface area contributed by atoms with E-state index in [1.807, 2.05) is 19.1 Å². The van der Waals surface area contributed by atoms with Crippen molar-refractivity contribution in [1.82, 2.24) is 10.0 Å². The number of nitrogens with one attached hydrogen (secondary N) is 2. The molecule has 1 atom stereocenters. The van der Waals surface area contributed by atoms with Crippen LogP contribution in [0.15, 0.2) is 12.1 Å². The van der Waals surface area contributed by atoms with Gasteiger partial charge in [-0.1, -0.05) is 18.5 Å². The van der Waals surface area contributed by atoms with Crippen molar-refractivity contribution in [2.24, 2.45) is 0 Å². The fourth-order valence-corrected chi connectivity index (χ4v) is 3.50. The largest absolute Gasteiger partial charge is 0.316 e. The van der Waals surface area contributed by atoms with E-state index in [4.69, 9.17) is 11.6 Å². The highest BCUT2D eigenvalue weighted by molar-refractivity contribution is 7.90. The number of hydrogen-bond acceptors (Lipinski definition) is 4. The van der Waals surface area contributed by atoms with E-state index in [0.717, 1.165) is 15.8 Å². The first-order valence-electron chi connectivity index (χ1n) is 5.89. The maximum absolute atomic E-state index is 11.9. The van der Waals surface area contributed by atoms with Crippen LogP contribution in [0, 0.1) is 0 Å². The fourth-order valence-electron chi connectivity index (χ4n) is 1.40. The van der Waals surface area contributed by atoms with E-state index in [9.17, 15) is 8.42 Å². The third kappa shape index (κ3) is 5.24. The Morgan fingerprint density at radius 2 is 2.17 bits per heavy atom. The molecule has 104 valence electrons. The monoisotopic (exact) mass is 310 g/mol. The first-order chi connectivity index (χ1) is 8.45. The summed E-state index contributed by atoms with van der Waals surface area (Å²) < 4.78 is 27.1. The van der Waals surface area contributed by atoms with Crippen LogP contribution in [0.3, 0.4) is 0 Å². The Kier molecular flexibility index (Phi) is 6.59. The number of hydrogen-bond donors (Lipinski definition) is 2. The van der Waals surface area contributed by atoms with Gasteiger partial charge < -0.3 is 5.32 Å². The molecule has 0 aromatic carbocycles. The van der Waals surface area contributed by atoms with Gasteiger partial charge >= 0.3 is 0 Å². The van der Waals surface area contributed by atoms with Crippen molar-refractivity contribution < 1.29 is 8.42 Å². The molecule has 1 rings (SSSR count). The molecule has 7 heteroatoms. The molecule has 4 nitrogen and oxygen atoms in total. The maximum Gasteiger partial charge on any atom is 0.215 e. The van der Waals surface area contributed by atoms with E-state index in [0.29, 0.717) is 19.5 Å². The van der Waals surface area contributed by atoms with Gasteiger partial charge in [0.15, 0.2) is 0 Å². The second-order valence-corrected chi connectivity index (χ2v) is 8.00. The highest BCUT2D eigenvalue weighted by Crippen LogP contribution is 2.21. The third-order valence-electron chi connectivity index (χ3n) is 2.52. The Balaban J connectivity index is 2.37. The van der Waals surface area contributed by atoms with Crippen molar-refractivity contribution in [1.29, 1.82) is 0 Å². The molecule has 18 heavy (non-hydrogen) atoms. The number of thiophene rings is 1. The summed E-state index contributed by atoms with van der Waals surface area (Å²) in [6.45, 7) is 5.31. The van der Waals surface area contributed by atoms with Crippen LogP contribution in [-0.2, 0) is 16.4 Å². The minimum Gasteiger partial charge on any atom is -0.316 e. The van der Waals surface area contributed by atoms with Gasteiger partial charge in [-0.25, -0.2) is 13.1 Å². The Hall–Kier alpha value is -0.140. The summed E-state index contributed by atoms with van der Waals surface area (Å²) in [4.78, 5) is 1.09. The van der Waals surface area contributed by atoms with Crippen molar-refractivity contribution in [3.05, 3.63) is 21.3 Å². The molecule has 0 aliphatic heterocycles. The van der Waals surface area contributed by atoms with Crippen LogP contribution >= 0.6 is 22.9 Å². The molecule has 0 bridgehead atoms. The van der Waals surface area contributed by atoms with Gasteiger partial charge in [0.2, 0.25) is 10.0 Å². The Bertz CT molecular complexity index is 459. The van der Waals surface area contributed by atoms with Crippen molar-refractivity contribution in [3.63, 3.8) is 0 Å². The summed E-state index contributed by atoms with van der Waals surface area (Å²) >= 11 is 7.29. The molecule has 1 aromatic rings. The Morgan fingerprint density at radius 1 is 1.44 bits per heavy atom. The van der Waals surface area contributed by atoms with Crippen LogP contribution in [0.4, 0.5) is 0 Å². The second-order valence-electron chi connectivity index (χ2n) is 4.01. The molecule has 0 radical (unpaired) electrons. The second kappa shape index (κ2) is 7.45. The van der Waals surface area contributed by atoms with Crippen molar-refractivity contribution in [3.8, 4) is 0 Å². The molecule has 1 unspecified atom stereocenters. The minimum atomic E-state index is -3.24. The first-order valence-corrected chi connectivity index (χ1v) is 8.63. The summed E-state index contributed by atoms with van der Waals surface area (Å²) in [5.74, 6) is 0. The minimum absolute atomic E-state index is 0.412. The molecule has 0 fully saturated rings. The van der Waals surface area contributed by atoms with Crippen LogP contribution in [0.25, 0.3) is 0 Å². The summed E-state index contributed by atoms with van der Waals surface area (Å²) in [5.41, 5.74) is 0. The van der Waals surface area contributed by atoms with E-state index in [2.05, 4.69) is 10.0 Å². The van der Waals surface area contributed by atoms with Crippen LogP contribution in [0.2, 0.25) is 4.34 Å². The van der Waals surface area contributed by atoms with Crippen molar-refractivity contribution >= 4 is 33.0 Å². The van der Waals surface area contributed by atoms with Gasteiger partial charge in [-0.05, 0) is 32.0 Å². The highest BCUT2D eigenvalue weighted by Gasteiger charge is 2.19. The number of rotatable bonds is 8. The average molecular weight is 311 g/mol. The van der Waals surface area contributed by atoms with Crippen LogP contribution < -0.4 is 10.0 Å².